The summed E-state index contributed by atoms with van der Waals surface area (Å²) in [6.07, 6.45) is 6.79. The standard InChI is InChI=1S/C17H21N3O2S/c21-17(20-11-14-7-8-23-12-14)19-10-13-5-6-16(18-9-13)22-15-3-1-2-4-15/h5-9,12,15H,1-4,10-11H2,(H2,19,20,21). The topological polar surface area (TPSA) is 63.2 Å². The molecule has 0 radical (unpaired) electrons. The molecule has 0 bridgehead atoms. The third-order valence-electron chi connectivity index (χ3n) is 3.87. The van der Waals surface area contributed by atoms with E-state index < -0.39 is 0 Å². The molecule has 1 aliphatic rings. The van der Waals surface area contributed by atoms with Gasteiger partial charge in [-0.15, -0.1) is 0 Å². The van der Waals surface area contributed by atoms with E-state index in [9.17, 15) is 4.79 Å². The van der Waals surface area contributed by atoms with Crippen LogP contribution in [-0.2, 0) is 13.1 Å². The Bertz CT molecular complexity index is 607. The van der Waals surface area contributed by atoms with Crippen LogP contribution in [0.2, 0.25) is 0 Å². The summed E-state index contributed by atoms with van der Waals surface area (Å²) in [4.78, 5) is 16.1. The van der Waals surface area contributed by atoms with E-state index in [2.05, 4.69) is 15.6 Å². The number of thiophene rings is 1. The molecule has 6 heteroatoms. The first-order valence-corrected chi connectivity index (χ1v) is 8.88. The van der Waals surface area contributed by atoms with E-state index in [-0.39, 0.29) is 6.03 Å². The molecule has 2 heterocycles. The Labute approximate surface area is 140 Å². The van der Waals surface area contributed by atoms with Gasteiger partial charge in [0.25, 0.3) is 0 Å². The predicted molar refractivity (Wildman–Crippen MR) is 90.5 cm³/mol. The Balaban J connectivity index is 1.40. The number of aromatic nitrogens is 1. The van der Waals surface area contributed by atoms with Crippen LogP contribution in [0.4, 0.5) is 4.79 Å². The van der Waals surface area contributed by atoms with Gasteiger partial charge in [-0.3, -0.25) is 0 Å². The van der Waals surface area contributed by atoms with Gasteiger partial charge in [0.05, 0.1) is 0 Å². The summed E-state index contributed by atoms with van der Waals surface area (Å²) in [5.74, 6) is 0.669. The van der Waals surface area contributed by atoms with E-state index >= 15 is 0 Å². The van der Waals surface area contributed by atoms with Crippen molar-refractivity contribution in [3.05, 3.63) is 46.3 Å². The van der Waals surface area contributed by atoms with Crippen molar-refractivity contribution < 1.29 is 9.53 Å². The first-order chi connectivity index (χ1) is 11.3. The molecule has 1 fully saturated rings. The molecule has 23 heavy (non-hydrogen) atoms. The summed E-state index contributed by atoms with van der Waals surface area (Å²) < 4.78 is 5.83. The normalized spacial score (nSPS) is 14.6. The van der Waals surface area contributed by atoms with Crippen LogP contribution >= 0.6 is 11.3 Å². The number of carbonyl (C=O) groups excluding carboxylic acids is 1. The monoisotopic (exact) mass is 331 g/mol. The van der Waals surface area contributed by atoms with E-state index in [1.165, 1.54) is 12.8 Å². The molecule has 0 unspecified atom stereocenters. The van der Waals surface area contributed by atoms with Crippen molar-refractivity contribution in [1.82, 2.24) is 15.6 Å². The lowest BCUT2D eigenvalue weighted by molar-refractivity contribution is 0.201. The molecule has 0 aliphatic heterocycles. The van der Waals surface area contributed by atoms with Crippen LogP contribution < -0.4 is 15.4 Å². The quantitative estimate of drug-likeness (QED) is 0.852. The van der Waals surface area contributed by atoms with Crippen molar-refractivity contribution in [3.8, 4) is 5.88 Å². The maximum absolute atomic E-state index is 11.7. The second-order valence-corrected chi connectivity index (χ2v) is 6.48. The predicted octanol–water partition coefficient (Wildman–Crippen LogP) is 3.46. The van der Waals surface area contributed by atoms with Gasteiger partial charge in [-0.1, -0.05) is 6.07 Å². The van der Waals surface area contributed by atoms with Crippen LogP contribution in [-0.4, -0.2) is 17.1 Å². The third kappa shape index (κ3) is 4.96. The number of amides is 2. The van der Waals surface area contributed by atoms with Gasteiger partial charge in [0.2, 0.25) is 5.88 Å². The average molecular weight is 331 g/mol. The van der Waals surface area contributed by atoms with Gasteiger partial charge in [0.15, 0.2) is 0 Å². The molecule has 0 atom stereocenters. The molecule has 2 aromatic heterocycles. The molecule has 2 N–H and O–H groups in total. The van der Waals surface area contributed by atoms with Crippen molar-refractivity contribution in [2.45, 2.75) is 44.9 Å². The summed E-state index contributed by atoms with van der Waals surface area (Å²) in [7, 11) is 0. The van der Waals surface area contributed by atoms with Crippen molar-refractivity contribution in [1.29, 1.82) is 0 Å². The lowest BCUT2D eigenvalue weighted by atomic mass is 10.3. The fourth-order valence-electron chi connectivity index (χ4n) is 2.58. The number of hydrogen-bond acceptors (Lipinski definition) is 4. The Kier molecular flexibility index (Phi) is 5.47. The molecule has 5 nitrogen and oxygen atoms in total. The van der Waals surface area contributed by atoms with E-state index in [0.717, 1.165) is 24.0 Å². The first-order valence-electron chi connectivity index (χ1n) is 7.94. The minimum Gasteiger partial charge on any atom is -0.474 e. The number of nitrogens with zero attached hydrogens (tertiary/aromatic N) is 1. The minimum atomic E-state index is -0.178. The average Bonchev–Trinajstić information content (AvgIpc) is 3.26. The highest BCUT2D eigenvalue weighted by Gasteiger charge is 2.16. The third-order valence-corrected chi connectivity index (χ3v) is 4.61. The number of pyridine rings is 1. The van der Waals surface area contributed by atoms with Gasteiger partial charge in [-0.2, -0.15) is 11.3 Å². The Hall–Kier alpha value is -2.08. The molecule has 122 valence electrons. The van der Waals surface area contributed by atoms with E-state index in [4.69, 9.17) is 4.74 Å². The lowest BCUT2D eigenvalue weighted by Crippen LogP contribution is -2.34. The van der Waals surface area contributed by atoms with Crippen LogP contribution in [0.5, 0.6) is 5.88 Å². The number of hydrogen-bond donors (Lipinski definition) is 2. The number of urea groups is 1. The fraction of sp³-hybridized carbons (Fsp3) is 0.412. The SMILES string of the molecule is O=C(NCc1ccc(OC2CCCC2)nc1)NCc1ccsc1. The number of rotatable bonds is 6. The van der Waals surface area contributed by atoms with Gasteiger partial charge < -0.3 is 15.4 Å². The molecular weight excluding hydrogens is 310 g/mol. The van der Waals surface area contributed by atoms with Crippen LogP contribution in [0, 0.1) is 0 Å². The van der Waals surface area contributed by atoms with E-state index in [1.54, 1.807) is 17.5 Å². The van der Waals surface area contributed by atoms with Crippen molar-refractivity contribution in [2.24, 2.45) is 0 Å². The van der Waals surface area contributed by atoms with Gasteiger partial charge in [0.1, 0.15) is 6.10 Å². The highest BCUT2D eigenvalue weighted by molar-refractivity contribution is 7.07. The van der Waals surface area contributed by atoms with Crippen molar-refractivity contribution >= 4 is 17.4 Å². The number of nitrogens with one attached hydrogen (secondary N) is 2. The summed E-state index contributed by atoms with van der Waals surface area (Å²) in [6.45, 7) is 0.994. The lowest BCUT2D eigenvalue weighted by Gasteiger charge is -2.12. The van der Waals surface area contributed by atoms with Crippen LogP contribution in [0.15, 0.2) is 35.2 Å². The minimum absolute atomic E-state index is 0.178. The maximum atomic E-state index is 11.7. The van der Waals surface area contributed by atoms with E-state index in [0.29, 0.717) is 25.1 Å². The summed E-state index contributed by atoms with van der Waals surface area (Å²) in [5.41, 5.74) is 2.06. The zero-order chi connectivity index (χ0) is 15.9. The Morgan fingerprint density at radius 2 is 1.96 bits per heavy atom. The van der Waals surface area contributed by atoms with Gasteiger partial charge in [-0.25, -0.2) is 9.78 Å². The zero-order valence-electron chi connectivity index (χ0n) is 13.0. The van der Waals surface area contributed by atoms with Crippen LogP contribution in [0.1, 0.15) is 36.8 Å². The molecule has 0 aromatic carbocycles. The summed E-state index contributed by atoms with van der Waals surface area (Å²) in [5, 5.41) is 9.67. The molecule has 3 rings (SSSR count). The molecule has 2 aromatic rings. The smallest absolute Gasteiger partial charge is 0.315 e. The summed E-state index contributed by atoms with van der Waals surface area (Å²) in [6, 6.07) is 5.63. The van der Waals surface area contributed by atoms with Crippen LogP contribution in [0.3, 0.4) is 0 Å². The molecule has 2 amide bonds. The molecule has 1 saturated carbocycles. The highest BCUT2D eigenvalue weighted by Crippen LogP contribution is 2.22. The highest BCUT2D eigenvalue weighted by atomic mass is 32.1. The molecule has 0 spiro atoms. The first kappa shape index (κ1) is 15.8. The molecule has 1 aliphatic carbocycles. The number of ether oxygens (including phenoxy) is 1. The second kappa shape index (κ2) is 7.97. The molecule has 0 saturated heterocycles. The van der Waals surface area contributed by atoms with Crippen molar-refractivity contribution in [2.75, 3.05) is 0 Å². The van der Waals surface area contributed by atoms with Gasteiger partial charge >= 0.3 is 6.03 Å². The largest absolute Gasteiger partial charge is 0.474 e. The Morgan fingerprint density at radius 3 is 2.61 bits per heavy atom. The number of carbonyl (C=O) groups is 1. The van der Waals surface area contributed by atoms with E-state index in [1.807, 2.05) is 29.0 Å². The fourth-order valence-corrected chi connectivity index (χ4v) is 3.25. The van der Waals surface area contributed by atoms with Crippen molar-refractivity contribution in [3.63, 3.8) is 0 Å². The maximum Gasteiger partial charge on any atom is 0.315 e. The van der Waals surface area contributed by atoms with Gasteiger partial charge in [0, 0.05) is 25.4 Å². The van der Waals surface area contributed by atoms with Crippen LogP contribution in [0.25, 0.3) is 0 Å². The summed E-state index contributed by atoms with van der Waals surface area (Å²) >= 11 is 1.62. The second-order valence-electron chi connectivity index (χ2n) is 5.70. The molecular formula is C17H21N3O2S. The zero-order valence-corrected chi connectivity index (χ0v) is 13.8. The van der Waals surface area contributed by atoms with Gasteiger partial charge in [-0.05, 0) is 53.6 Å². The Morgan fingerprint density at radius 1 is 1.17 bits per heavy atom.